The first-order valence-corrected chi connectivity index (χ1v) is 7.14. The number of thioether (sulfide) groups is 1. The average molecular weight is 242 g/mol. The van der Waals surface area contributed by atoms with Gasteiger partial charge in [-0.3, -0.25) is 4.79 Å². The summed E-state index contributed by atoms with van der Waals surface area (Å²) < 4.78 is 0.297. The second-order valence-corrected chi connectivity index (χ2v) is 5.79. The summed E-state index contributed by atoms with van der Waals surface area (Å²) in [7, 11) is 0. The number of thiazole rings is 1. The molecule has 1 N–H and O–H groups in total. The van der Waals surface area contributed by atoms with Crippen LogP contribution in [-0.2, 0) is 0 Å². The molecule has 0 atom stereocenters. The van der Waals surface area contributed by atoms with Crippen molar-refractivity contribution in [2.24, 2.45) is 0 Å². The predicted molar refractivity (Wildman–Crippen MR) is 64.5 cm³/mol. The van der Waals surface area contributed by atoms with Gasteiger partial charge in [0.25, 0.3) is 5.91 Å². The summed E-state index contributed by atoms with van der Waals surface area (Å²) >= 11 is 3.32. The highest BCUT2D eigenvalue weighted by Crippen LogP contribution is 2.42. The molecule has 1 fully saturated rings. The molecule has 1 amide bonds. The highest BCUT2D eigenvalue weighted by atomic mass is 32.2. The zero-order valence-electron chi connectivity index (χ0n) is 8.66. The van der Waals surface area contributed by atoms with Gasteiger partial charge < -0.3 is 5.32 Å². The number of carbonyl (C=O) groups excluding carboxylic acids is 1. The van der Waals surface area contributed by atoms with Crippen LogP contribution < -0.4 is 5.32 Å². The fraction of sp³-hybridized carbons (Fsp3) is 0.600. The largest absolute Gasteiger partial charge is 0.349 e. The highest BCUT2D eigenvalue weighted by molar-refractivity contribution is 8.00. The Balaban J connectivity index is 1.85. The number of carbonyl (C=O) groups is 1. The van der Waals surface area contributed by atoms with Crippen molar-refractivity contribution in [3.63, 3.8) is 0 Å². The molecule has 15 heavy (non-hydrogen) atoms. The van der Waals surface area contributed by atoms with Gasteiger partial charge in [-0.2, -0.15) is 11.8 Å². The number of nitrogens with one attached hydrogen (secondary N) is 1. The maximum absolute atomic E-state index is 11.6. The second-order valence-electron chi connectivity index (χ2n) is 3.80. The van der Waals surface area contributed by atoms with Gasteiger partial charge in [-0.15, -0.1) is 11.3 Å². The molecule has 0 bridgehead atoms. The number of hydrogen-bond donors (Lipinski definition) is 1. The molecule has 0 unspecified atom stereocenters. The van der Waals surface area contributed by atoms with Crippen LogP contribution >= 0.6 is 23.1 Å². The van der Waals surface area contributed by atoms with E-state index in [0.29, 0.717) is 10.4 Å². The summed E-state index contributed by atoms with van der Waals surface area (Å²) in [4.78, 5) is 15.6. The first-order chi connectivity index (χ1) is 7.26. The van der Waals surface area contributed by atoms with Gasteiger partial charge in [-0.1, -0.05) is 6.42 Å². The Kier molecular flexibility index (Phi) is 3.31. The van der Waals surface area contributed by atoms with Crippen LogP contribution in [0, 0.1) is 0 Å². The van der Waals surface area contributed by atoms with E-state index in [2.05, 4.69) is 16.6 Å². The van der Waals surface area contributed by atoms with E-state index in [9.17, 15) is 4.79 Å². The minimum absolute atomic E-state index is 0.0448. The molecule has 3 nitrogen and oxygen atoms in total. The first kappa shape index (κ1) is 11.0. The van der Waals surface area contributed by atoms with Crippen molar-refractivity contribution in [2.45, 2.75) is 24.0 Å². The van der Waals surface area contributed by atoms with Crippen molar-refractivity contribution in [3.8, 4) is 0 Å². The Labute approximate surface area is 97.7 Å². The maximum Gasteiger partial charge on any atom is 0.270 e. The van der Waals surface area contributed by atoms with Crippen LogP contribution in [0.15, 0.2) is 10.9 Å². The Morgan fingerprint density at radius 1 is 1.73 bits per heavy atom. The third kappa shape index (κ3) is 2.34. The third-order valence-corrected chi connectivity index (χ3v) is 4.94. The molecule has 0 spiro atoms. The molecular formula is C10H14N2OS2. The number of hydrogen-bond acceptors (Lipinski definition) is 4. The molecule has 0 aliphatic heterocycles. The lowest BCUT2D eigenvalue weighted by atomic mass is 9.84. The smallest absolute Gasteiger partial charge is 0.270 e. The summed E-state index contributed by atoms with van der Waals surface area (Å²) in [5.41, 5.74) is 2.22. The summed E-state index contributed by atoms with van der Waals surface area (Å²) in [5.74, 6) is -0.0448. The van der Waals surface area contributed by atoms with Crippen LogP contribution in [0.2, 0.25) is 0 Å². The quantitative estimate of drug-likeness (QED) is 0.879. The molecular weight excluding hydrogens is 228 g/mol. The van der Waals surface area contributed by atoms with Crippen LogP contribution in [0.1, 0.15) is 29.8 Å². The van der Waals surface area contributed by atoms with Gasteiger partial charge in [-0.25, -0.2) is 4.98 Å². The van der Waals surface area contributed by atoms with Gasteiger partial charge in [-0.05, 0) is 19.1 Å². The van der Waals surface area contributed by atoms with Crippen molar-refractivity contribution < 1.29 is 4.79 Å². The van der Waals surface area contributed by atoms with E-state index in [1.165, 1.54) is 30.6 Å². The number of rotatable bonds is 4. The van der Waals surface area contributed by atoms with Gasteiger partial charge in [0.2, 0.25) is 0 Å². The number of amides is 1. The molecule has 0 saturated heterocycles. The highest BCUT2D eigenvalue weighted by Gasteiger charge is 2.36. The normalized spacial score (nSPS) is 18.2. The van der Waals surface area contributed by atoms with Crippen LogP contribution in [0.5, 0.6) is 0 Å². The second kappa shape index (κ2) is 4.53. The minimum Gasteiger partial charge on any atom is -0.349 e. The summed E-state index contributed by atoms with van der Waals surface area (Å²) in [6.45, 7) is 0.768. The summed E-state index contributed by atoms with van der Waals surface area (Å²) in [6.07, 6.45) is 5.83. The maximum atomic E-state index is 11.6. The molecule has 1 aromatic heterocycles. The molecule has 2 rings (SSSR count). The van der Waals surface area contributed by atoms with Gasteiger partial charge in [0.05, 0.1) is 5.51 Å². The molecule has 1 aromatic rings. The monoisotopic (exact) mass is 242 g/mol. The van der Waals surface area contributed by atoms with Crippen LogP contribution in [0.4, 0.5) is 0 Å². The Morgan fingerprint density at radius 2 is 2.53 bits per heavy atom. The molecule has 0 aromatic carbocycles. The van der Waals surface area contributed by atoms with Crippen molar-refractivity contribution in [3.05, 3.63) is 16.6 Å². The summed E-state index contributed by atoms with van der Waals surface area (Å²) in [6, 6.07) is 0. The zero-order valence-corrected chi connectivity index (χ0v) is 10.3. The van der Waals surface area contributed by atoms with E-state index in [-0.39, 0.29) is 5.91 Å². The molecule has 1 saturated carbocycles. The van der Waals surface area contributed by atoms with Crippen molar-refractivity contribution >= 4 is 29.0 Å². The SMILES string of the molecule is CSC1(CNC(=O)c2cscn2)CCC1. The first-order valence-electron chi connectivity index (χ1n) is 4.97. The predicted octanol–water partition coefficient (Wildman–Crippen LogP) is 2.16. The van der Waals surface area contributed by atoms with Gasteiger partial charge in [0.1, 0.15) is 5.69 Å². The van der Waals surface area contributed by atoms with Crippen LogP contribution in [-0.4, -0.2) is 28.4 Å². The van der Waals surface area contributed by atoms with Crippen LogP contribution in [0.25, 0.3) is 0 Å². The fourth-order valence-corrected chi connectivity index (χ4v) is 3.13. The standard InChI is InChI=1S/C10H14N2OS2/c1-14-10(3-2-4-10)6-11-9(13)8-5-15-7-12-8/h5,7H,2-4,6H2,1H3,(H,11,13). The van der Waals surface area contributed by atoms with Crippen molar-refractivity contribution in [1.82, 2.24) is 10.3 Å². The van der Waals surface area contributed by atoms with Gasteiger partial charge in [0, 0.05) is 16.7 Å². The lowest BCUT2D eigenvalue weighted by Gasteiger charge is -2.40. The molecule has 5 heteroatoms. The van der Waals surface area contributed by atoms with E-state index in [1.54, 1.807) is 10.9 Å². The molecule has 1 aliphatic carbocycles. The lowest BCUT2D eigenvalue weighted by molar-refractivity contribution is 0.0939. The zero-order chi connectivity index (χ0) is 10.7. The molecule has 82 valence electrons. The fourth-order valence-electron chi connectivity index (χ4n) is 1.68. The van der Waals surface area contributed by atoms with Crippen LogP contribution in [0.3, 0.4) is 0 Å². The third-order valence-electron chi connectivity index (χ3n) is 2.93. The molecule has 1 heterocycles. The average Bonchev–Trinajstić information content (AvgIpc) is 2.69. The Bertz CT molecular complexity index is 328. The van der Waals surface area contributed by atoms with Gasteiger partial charge in [0.15, 0.2) is 0 Å². The van der Waals surface area contributed by atoms with Crippen molar-refractivity contribution in [2.75, 3.05) is 12.8 Å². The Morgan fingerprint density at radius 3 is 3.00 bits per heavy atom. The van der Waals surface area contributed by atoms with E-state index < -0.39 is 0 Å². The molecule has 1 aliphatic rings. The topological polar surface area (TPSA) is 42.0 Å². The van der Waals surface area contributed by atoms with E-state index in [1.807, 2.05) is 11.8 Å². The summed E-state index contributed by atoms with van der Waals surface area (Å²) in [5, 5.41) is 4.74. The minimum atomic E-state index is -0.0448. The Hall–Kier alpha value is -0.550. The van der Waals surface area contributed by atoms with Crippen molar-refractivity contribution in [1.29, 1.82) is 0 Å². The molecule has 0 radical (unpaired) electrons. The van der Waals surface area contributed by atoms with E-state index >= 15 is 0 Å². The van der Waals surface area contributed by atoms with Gasteiger partial charge >= 0.3 is 0 Å². The lowest BCUT2D eigenvalue weighted by Crippen LogP contribution is -2.45. The van der Waals surface area contributed by atoms with E-state index in [0.717, 1.165) is 6.54 Å². The number of nitrogens with zero attached hydrogens (tertiary/aromatic N) is 1. The van der Waals surface area contributed by atoms with E-state index in [4.69, 9.17) is 0 Å². The number of aromatic nitrogens is 1.